The van der Waals surface area contributed by atoms with Crippen molar-refractivity contribution in [1.82, 2.24) is 0 Å². The van der Waals surface area contributed by atoms with E-state index in [0.717, 1.165) is 0 Å². The summed E-state index contributed by atoms with van der Waals surface area (Å²) in [6.45, 7) is -0.521. The molecule has 1 aliphatic heterocycles. The largest absolute Gasteiger partial charge is 0.481 e. The predicted octanol–water partition coefficient (Wildman–Crippen LogP) is -1.55. The first-order valence-corrected chi connectivity index (χ1v) is 7.12. The summed E-state index contributed by atoms with van der Waals surface area (Å²) in [6.07, 6.45) is -4.76. The molecule has 0 bridgehead atoms. The van der Waals surface area contributed by atoms with Gasteiger partial charge in [-0.2, -0.15) is 0 Å². The summed E-state index contributed by atoms with van der Waals surface area (Å²) >= 11 is 0. The molecule has 1 heterocycles. The van der Waals surface area contributed by atoms with Crippen molar-refractivity contribution in [3.63, 3.8) is 0 Å². The van der Waals surface area contributed by atoms with Crippen LogP contribution in [-0.4, -0.2) is 74.9 Å². The average Bonchev–Trinajstić information content (AvgIpc) is 2.48. The summed E-state index contributed by atoms with van der Waals surface area (Å²) in [7, 11) is 0. The van der Waals surface area contributed by atoms with Crippen molar-refractivity contribution in [2.45, 2.75) is 62.5 Å². The molecule has 21 heavy (non-hydrogen) atoms. The molecule has 2 fully saturated rings. The van der Waals surface area contributed by atoms with Crippen LogP contribution in [0.5, 0.6) is 0 Å². The molecule has 122 valence electrons. The first-order valence-electron chi connectivity index (χ1n) is 7.12. The molecule has 0 radical (unpaired) electrons. The van der Waals surface area contributed by atoms with Crippen molar-refractivity contribution in [2.75, 3.05) is 6.61 Å². The van der Waals surface area contributed by atoms with Crippen LogP contribution in [0, 0.1) is 5.92 Å². The second kappa shape index (κ2) is 6.99. The number of aliphatic carboxylic acids is 1. The van der Waals surface area contributed by atoms with Crippen LogP contribution in [0.2, 0.25) is 0 Å². The minimum absolute atomic E-state index is 0.310. The molecule has 0 spiro atoms. The van der Waals surface area contributed by atoms with Crippen LogP contribution in [0.25, 0.3) is 0 Å². The highest BCUT2D eigenvalue weighted by Gasteiger charge is 2.45. The van der Waals surface area contributed by atoms with E-state index in [4.69, 9.17) is 19.7 Å². The topological polar surface area (TPSA) is 137 Å². The van der Waals surface area contributed by atoms with E-state index in [1.165, 1.54) is 0 Å². The number of carboxylic acids is 1. The molecule has 1 saturated carbocycles. The molecule has 7 atom stereocenters. The number of rotatable bonds is 4. The lowest BCUT2D eigenvalue weighted by molar-refractivity contribution is -0.313. The molecule has 7 unspecified atom stereocenters. The number of aliphatic hydroxyl groups is 4. The number of hydrogen-bond donors (Lipinski definition) is 5. The maximum absolute atomic E-state index is 11.0. The molecule has 0 aromatic carbocycles. The Balaban J connectivity index is 1.96. The number of hydrogen-bond acceptors (Lipinski definition) is 7. The zero-order chi connectivity index (χ0) is 15.6. The minimum atomic E-state index is -1.49. The lowest BCUT2D eigenvalue weighted by atomic mass is 9.87. The van der Waals surface area contributed by atoms with E-state index < -0.39 is 55.3 Å². The van der Waals surface area contributed by atoms with Crippen molar-refractivity contribution in [3.8, 4) is 0 Å². The molecule has 1 saturated heterocycles. The number of carboxylic acid groups (broad SMARTS) is 1. The second-order valence-electron chi connectivity index (χ2n) is 5.66. The van der Waals surface area contributed by atoms with Gasteiger partial charge in [0.05, 0.1) is 18.6 Å². The quantitative estimate of drug-likeness (QED) is 0.421. The number of ether oxygens (including phenoxy) is 2. The van der Waals surface area contributed by atoms with Gasteiger partial charge in [0, 0.05) is 0 Å². The Morgan fingerprint density at radius 1 is 1.14 bits per heavy atom. The fourth-order valence-electron chi connectivity index (χ4n) is 2.86. The van der Waals surface area contributed by atoms with Gasteiger partial charge in [-0.25, -0.2) is 0 Å². The standard InChI is InChI=1S/C13H22O8/c14-5-8-9(15)10(16)11(17)13(21-8)20-7-3-1-2-6(4-7)12(18)19/h6-11,13-17H,1-5H2,(H,18,19). The molecule has 1 aliphatic carbocycles. The molecular formula is C13H22O8. The minimum Gasteiger partial charge on any atom is -0.481 e. The monoisotopic (exact) mass is 306 g/mol. The van der Waals surface area contributed by atoms with E-state index >= 15 is 0 Å². The Labute approximate surface area is 121 Å². The zero-order valence-electron chi connectivity index (χ0n) is 11.5. The summed E-state index contributed by atoms with van der Waals surface area (Å²) in [5.74, 6) is -1.37. The predicted molar refractivity (Wildman–Crippen MR) is 68.2 cm³/mol. The molecule has 8 heteroatoms. The van der Waals surface area contributed by atoms with Crippen molar-refractivity contribution in [1.29, 1.82) is 0 Å². The van der Waals surface area contributed by atoms with Gasteiger partial charge in [0.1, 0.15) is 24.4 Å². The van der Waals surface area contributed by atoms with Crippen LogP contribution in [-0.2, 0) is 14.3 Å². The van der Waals surface area contributed by atoms with Crippen LogP contribution in [0.4, 0.5) is 0 Å². The summed E-state index contributed by atoms with van der Waals surface area (Å²) in [4.78, 5) is 11.0. The zero-order valence-corrected chi connectivity index (χ0v) is 11.5. The van der Waals surface area contributed by atoms with Crippen LogP contribution >= 0.6 is 0 Å². The second-order valence-corrected chi connectivity index (χ2v) is 5.66. The molecule has 5 N–H and O–H groups in total. The van der Waals surface area contributed by atoms with Crippen LogP contribution in [0.3, 0.4) is 0 Å². The first kappa shape index (κ1) is 16.6. The van der Waals surface area contributed by atoms with Crippen LogP contribution < -0.4 is 0 Å². The lowest BCUT2D eigenvalue weighted by Crippen LogP contribution is -2.59. The Kier molecular flexibility index (Phi) is 5.53. The lowest BCUT2D eigenvalue weighted by Gasteiger charge is -2.41. The maximum Gasteiger partial charge on any atom is 0.306 e. The van der Waals surface area contributed by atoms with Crippen LogP contribution in [0.15, 0.2) is 0 Å². The molecule has 0 aromatic heterocycles. The van der Waals surface area contributed by atoms with Gasteiger partial charge in [0.25, 0.3) is 0 Å². The van der Waals surface area contributed by atoms with E-state index in [-0.39, 0.29) is 0 Å². The van der Waals surface area contributed by atoms with Gasteiger partial charge < -0.3 is 35.0 Å². The summed E-state index contributed by atoms with van der Waals surface area (Å²) in [5, 5.41) is 47.3. The van der Waals surface area contributed by atoms with Crippen LogP contribution in [0.1, 0.15) is 25.7 Å². The van der Waals surface area contributed by atoms with Crippen molar-refractivity contribution in [2.24, 2.45) is 5.92 Å². The first-order chi connectivity index (χ1) is 9.93. The van der Waals surface area contributed by atoms with Gasteiger partial charge in [-0.05, 0) is 19.3 Å². The Bertz CT molecular complexity index is 360. The van der Waals surface area contributed by atoms with Gasteiger partial charge in [-0.15, -0.1) is 0 Å². The molecule has 2 rings (SSSR count). The third-order valence-electron chi connectivity index (χ3n) is 4.15. The smallest absolute Gasteiger partial charge is 0.306 e. The SMILES string of the molecule is O=C(O)C1CCCC(OC2OC(CO)C(O)C(O)C2O)C1. The third kappa shape index (κ3) is 3.71. The summed E-state index contributed by atoms with van der Waals surface area (Å²) in [6, 6.07) is 0. The van der Waals surface area contributed by atoms with E-state index in [1.807, 2.05) is 0 Å². The third-order valence-corrected chi connectivity index (χ3v) is 4.15. The molecular weight excluding hydrogens is 284 g/mol. The van der Waals surface area contributed by atoms with Gasteiger partial charge in [0.2, 0.25) is 0 Å². The highest BCUT2D eigenvalue weighted by Crippen LogP contribution is 2.30. The average molecular weight is 306 g/mol. The van der Waals surface area contributed by atoms with E-state index in [9.17, 15) is 20.1 Å². The van der Waals surface area contributed by atoms with Gasteiger partial charge in [-0.1, -0.05) is 6.42 Å². The van der Waals surface area contributed by atoms with E-state index in [2.05, 4.69) is 0 Å². The Morgan fingerprint density at radius 3 is 2.48 bits per heavy atom. The summed E-state index contributed by atoms with van der Waals surface area (Å²) < 4.78 is 10.8. The summed E-state index contributed by atoms with van der Waals surface area (Å²) in [5.41, 5.74) is 0. The Morgan fingerprint density at radius 2 is 1.86 bits per heavy atom. The van der Waals surface area contributed by atoms with Crippen molar-refractivity contribution >= 4 is 5.97 Å². The number of carbonyl (C=O) groups is 1. The van der Waals surface area contributed by atoms with Crippen molar-refractivity contribution < 1.29 is 39.8 Å². The van der Waals surface area contributed by atoms with Gasteiger partial charge in [0.15, 0.2) is 6.29 Å². The number of aliphatic hydroxyl groups excluding tert-OH is 4. The fraction of sp³-hybridized carbons (Fsp3) is 0.923. The van der Waals surface area contributed by atoms with E-state index in [1.54, 1.807) is 0 Å². The van der Waals surface area contributed by atoms with Gasteiger partial charge in [-0.3, -0.25) is 4.79 Å². The van der Waals surface area contributed by atoms with E-state index in [0.29, 0.717) is 25.7 Å². The maximum atomic E-state index is 11.0. The Hall–Kier alpha value is -0.770. The molecule has 0 amide bonds. The molecule has 8 nitrogen and oxygen atoms in total. The normalized spacial score (nSPS) is 44.5. The van der Waals surface area contributed by atoms with Gasteiger partial charge >= 0.3 is 5.97 Å². The fourth-order valence-corrected chi connectivity index (χ4v) is 2.86. The van der Waals surface area contributed by atoms with Crippen molar-refractivity contribution in [3.05, 3.63) is 0 Å². The molecule has 2 aliphatic rings. The highest BCUT2D eigenvalue weighted by atomic mass is 16.7. The molecule has 0 aromatic rings. The highest BCUT2D eigenvalue weighted by molar-refractivity contribution is 5.70.